The minimum atomic E-state index is 0.224. The molecule has 4 aromatic rings. The Hall–Kier alpha value is -2.71. The van der Waals surface area contributed by atoms with Gasteiger partial charge in [0.1, 0.15) is 11.4 Å². The van der Waals surface area contributed by atoms with E-state index in [0.717, 1.165) is 53.1 Å². The first kappa shape index (κ1) is 17.4. The van der Waals surface area contributed by atoms with Crippen LogP contribution < -0.4 is 0 Å². The molecule has 1 saturated heterocycles. The number of aryl methyl sites for hydroxylation is 1. The Kier molecular flexibility index (Phi) is 4.58. The van der Waals surface area contributed by atoms with Crippen LogP contribution in [0, 0.1) is 6.92 Å². The van der Waals surface area contributed by atoms with E-state index in [-0.39, 0.29) is 6.10 Å². The summed E-state index contributed by atoms with van der Waals surface area (Å²) in [5.74, 6) is 0.600. The zero-order valence-corrected chi connectivity index (χ0v) is 16.3. The molecule has 142 valence electrons. The number of rotatable bonds is 5. The first-order valence-corrected chi connectivity index (χ1v) is 10.2. The van der Waals surface area contributed by atoms with Crippen molar-refractivity contribution in [2.45, 2.75) is 42.6 Å². The number of fused-ring (bicyclic) bond motifs is 1. The predicted octanol–water partition coefficient (Wildman–Crippen LogP) is 3.63. The van der Waals surface area contributed by atoms with Gasteiger partial charge in [0, 0.05) is 12.3 Å². The van der Waals surface area contributed by atoms with Gasteiger partial charge in [0.25, 0.3) is 5.78 Å². The summed E-state index contributed by atoms with van der Waals surface area (Å²) in [6.45, 7) is 3.59. The van der Waals surface area contributed by atoms with Gasteiger partial charge in [-0.05, 0) is 43.2 Å². The SMILES string of the molecule is Cc1cc(Sc2ncc(-c3ccccc3)n2CC2CCCO2)n2ncnc2n1. The van der Waals surface area contributed by atoms with Crippen molar-refractivity contribution in [3.8, 4) is 11.3 Å². The largest absolute Gasteiger partial charge is 0.376 e. The molecule has 0 bridgehead atoms. The number of nitrogens with zero attached hydrogens (tertiary/aromatic N) is 6. The smallest absolute Gasteiger partial charge is 0.253 e. The maximum atomic E-state index is 5.90. The second-order valence-electron chi connectivity index (χ2n) is 6.85. The van der Waals surface area contributed by atoms with E-state index in [1.54, 1.807) is 16.3 Å². The Morgan fingerprint density at radius 1 is 1.21 bits per heavy atom. The number of ether oxygens (including phenoxy) is 1. The maximum Gasteiger partial charge on any atom is 0.253 e. The van der Waals surface area contributed by atoms with E-state index in [1.807, 2.05) is 25.3 Å². The van der Waals surface area contributed by atoms with Gasteiger partial charge < -0.3 is 9.30 Å². The Morgan fingerprint density at radius 3 is 2.93 bits per heavy atom. The van der Waals surface area contributed by atoms with E-state index in [9.17, 15) is 0 Å². The lowest BCUT2D eigenvalue weighted by atomic mass is 10.1. The van der Waals surface area contributed by atoms with Gasteiger partial charge in [0.05, 0.1) is 24.5 Å². The molecule has 4 heterocycles. The van der Waals surface area contributed by atoms with E-state index >= 15 is 0 Å². The van der Waals surface area contributed by atoms with Crippen molar-refractivity contribution in [1.29, 1.82) is 0 Å². The summed E-state index contributed by atoms with van der Waals surface area (Å²) in [6, 6.07) is 12.4. The standard InChI is InChI=1S/C20H20N6OS/c1-14-10-18(26-19(24-14)22-13-23-26)28-20-21-11-17(15-6-3-2-4-7-15)25(20)12-16-8-5-9-27-16/h2-4,6-7,10-11,13,16H,5,8-9,12H2,1H3. The molecule has 5 rings (SSSR count). The highest BCUT2D eigenvalue weighted by Crippen LogP contribution is 2.32. The minimum absolute atomic E-state index is 0.224. The van der Waals surface area contributed by atoms with E-state index in [2.05, 4.69) is 43.9 Å². The lowest BCUT2D eigenvalue weighted by Crippen LogP contribution is -2.16. The summed E-state index contributed by atoms with van der Waals surface area (Å²) in [6.07, 6.45) is 5.89. The number of aromatic nitrogens is 6. The molecule has 0 radical (unpaired) electrons. The van der Waals surface area contributed by atoms with Crippen molar-refractivity contribution in [2.24, 2.45) is 0 Å². The van der Waals surface area contributed by atoms with Gasteiger partial charge in [-0.25, -0.2) is 9.97 Å². The predicted molar refractivity (Wildman–Crippen MR) is 106 cm³/mol. The van der Waals surface area contributed by atoms with Crippen molar-refractivity contribution >= 4 is 17.5 Å². The van der Waals surface area contributed by atoms with E-state index < -0.39 is 0 Å². The van der Waals surface area contributed by atoms with Gasteiger partial charge in [0.2, 0.25) is 0 Å². The number of hydrogen-bond donors (Lipinski definition) is 0. The second-order valence-corrected chi connectivity index (χ2v) is 7.83. The topological polar surface area (TPSA) is 70.1 Å². The van der Waals surface area contributed by atoms with Gasteiger partial charge >= 0.3 is 0 Å². The van der Waals surface area contributed by atoms with Crippen molar-refractivity contribution in [2.75, 3.05) is 6.61 Å². The van der Waals surface area contributed by atoms with Crippen molar-refractivity contribution in [3.63, 3.8) is 0 Å². The van der Waals surface area contributed by atoms with Crippen LogP contribution in [-0.2, 0) is 11.3 Å². The van der Waals surface area contributed by atoms with Gasteiger partial charge in [-0.15, -0.1) is 0 Å². The Morgan fingerprint density at radius 2 is 2.11 bits per heavy atom. The van der Waals surface area contributed by atoms with Crippen molar-refractivity contribution in [1.82, 2.24) is 29.1 Å². The fourth-order valence-corrected chi connectivity index (χ4v) is 4.53. The Bertz CT molecular complexity index is 1100. The van der Waals surface area contributed by atoms with E-state index in [4.69, 9.17) is 9.72 Å². The molecule has 1 unspecified atom stereocenters. The lowest BCUT2D eigenvalue weighted by molar-refractivity contribution is 0.0954. The normalized spacial score (nSPS) is 16.8. The molecular weight excluding hydrogens is 372 g/mol. The molecule has 7 nitrogen and oxygen atoms in total. The highest BCUT2D eigenvalue weighted by molar-refractivity contribution is 7.99. The average molecular weight is 392 g/mol. The Labute approximate surface area is 166 Å². The lowest BCUT2D eigenvalue weighted by Gasteiger charge is -2.16. The van der Waals surface area contributed by atoms with Crippen molar-refractivity contribution in [3.05, 3.63) is 54.6 Å². The molecule has 1 fully saturated rings. The fraction of sp³-hybridized carbons (Fsp3) is 0.300. The van der Waals surface area contributed by atoms with Crippen LogP contribution in [-0.4, -0.2) is 41.8 Å². The zero-order chi connectivity index (χ0) is 18.9. The van der Waals surface area contributed by atoms with Gasteiger partial charge in [-0.1, -0.05) is 30.3 Å². The van der Waals surface area contributed by atoms with Gasteiger partial charge in [0.15, 0.2) is 5.16 Å². The van der Waals surface area contributed by atoms with Crippen molar-refractivity contribution < 1.29 is 4.74 Å². The molecule has 1 atom stereocenters. The summed E-state index contributed by atoms with van der Waals surface area (Å²) in [7, 11) is 0. The Balaban J connectivity index is 1.56. The van der Waals surface area contributed by atoms with Crippen LogP contribution in [0.2, 0.25) is 0 Å². The zero-order valence-electron chi connectivity index (χ0n) is 15.5. The summed E-state index contributed by atoms with van der Waals surface area (Å²) >= 11 is 1.58. The summed E-state index contributed by atoms with van der Waals surface area (Å²) in [4.78, 5) is 13.4. The monoisotopic (exact) mass is 392 g/mol. The van der Waals surface area contributed by atoms with E-state index in [0.29, 0.717) is 5.78 Å². The minimum Gasteiger partial charge on any atom is -0.376 e. The summed E-state index contributed by atoms with van der Waals surface area (Å²) in [5, 5.41) is 6.17. The first-order chi connectivity index (χ1) is 13.8. The molecule has 1 aliphatic rings. The summed E-state index contributed by atoms with van der Waals surface area (Å²) < 4.78 is 9.92. The molecule has 0 amide bonds. The molecule has 0 aliphatic carbocycles. The molecule has 0 N–H and O–H groups in total. The first-order valence-electron chi connectivity index (χ1n) is 9.36. The molecule has 0 saturated carbocycles. The number of hydrogen-bond acceptors (Lipinski definition) is 6. The van der Waals surface area contributed by atoms with Crippen LogP contribution in [0.15, 0.2) is 59.1 Å². The second kappa shape index (κ2) is 7.37. The highest BCUT2D eigenvalue weighted by Gasteiger charge is 2.21. The summed E-state index contributed by atoms with van der Waals surface area (Å²) in [5.41, 5.74) is 3.15. The number of imidazole rings is 1. The quantitative estimate of drug-likeness (QED) is 0.483. The van der Waals surface area contributed by atoms with Gasteiger partial charge in [-0.2, -0.15) is 14.6 Å². The molecule has 8 heteroatoms. The fourth-order valence-electron chi connectivity index (χ4n) is 3.51. The van der Waals surface area contributed by atoms with Crippen LogP contribution in [0.25, 0.3) is 17.0 Å². The maximum absolute atomic E-state index is 5.90. The van der Waals surface area contributed by atoms with Crippen LogP contribution in [0.1, 0.15) is 18.5 Å². The van der Waals surface area contributed by atoms with Crippen LogP contribution >= 0.6 is 11.8 Å². The third-order valence-corrected chi connectivity index (χ3v) is 5.85. The molecular formula is C20H20N6OS. The average Bonchev–Trinajstić information content (AvgIpc) is 3.45. The third kappa shape index (κ3) is 3.29. The van der Waals surface area contributed by atoms with Gasteiger partial charge in [-0.3, -0.25) is 0 Å². The van der Waals surface area contributed by atoms with Crippen LogP contribution in [0.4, 0.5) is 0 Å². The molecule has 3 aromatic heterocycles. The molecule has 1 aromatic carbocycles. The number of benzene rings is 1. The van der Waals surface area contributed by atoms with E-state index in [1.165, 1.54) is 6.33 Å². The molecule has 1 aliphatic heterocycles. The molecule has 28 heavy (non-hydrogen) atoms. The third-order valence-electron chi connectivity index (χ3n) is 4.84. The van der Waals surface area contributed by atoms with Crippen LogP contribution in [0.5, 0.6) is 0 Å². The highest BCUT2D eigenvalue weighted by atomic mass is 32.2. The molecule has 0 spiro atoms. The van der Waals surface area contributed by atoms with Crippen LogP contribution in [0.3, 0.4) is 0 Å².